The van der Waals surface area contributed by atoms with E-state index in [4.69, 9.17) is 9.47 Å². The SMILES string of the molecule is CN(C)CCCNC(=O)c1nc2c(CNc3ccc(F)cc3O[C@H]3CCCOC3)ncnc2s1. The van der Waals surface area contributed by atoms with Gasteiger partial charge in [0.05, 0.1) is 24.5 Å². The van der Waals surface area contributed by atoms with Crippen molar-refractivity contribution in [3.63, 3.8) is 0 Å². The number of hydrogen-bond donors (Lipinski definition) is 2. The van der Waals surface area contributed by atoms with Gasteiger partial charge in [0.2, 0.25) is 0 Å². The highest BCUT2D eigenvalue weighted by Crippen LogP contribution is 2.29. The molecule has 1 atom stereocenters. The molecule has 0 saturated carbocycles. The molecule has 1 saturated heterocycles. The number of thiazole rings is 1. The van der Waals surface area contributed by atoms with Gasteiger partial charge in [-0.1, -0.05) is 11.3 Å². The van der Waals surface area contributed by atoms with Crippen LogP contribution in [0.15, 0.2) is 24.5 Å². The molecule has 4 rings (SSSR count). The molecule has 3 heterocycles. The van der Waals surface area contributed by atoms with Gasteiger partial charge in [-0.25, -0.2) is 19.3 Å². The first-order valence-corrected chi connectivity index (χ1v) is 12.1. The van der Waals surface area contributed by atoms with E-state index in [0.29, 0.717) is 52.2 Å². The Morgan fingerprint density at radius 2 is 2.24 bits per heavy atom. The maximum Gasteiger partial charge on any atom is 0.280 e. The average Bonchev–Trinajstić information content (AvgIpc) is 3.27. The van der Waals surface area contributed by atoms with Crippen LogP contribution in [0.2, 0.25) is 0 Å². The summed E-state index contributed by atoms with van der Waals surface area (Å²) in [6.45, 7) is 3.00. The van der Waals surface area contributed by atoms with Crippen LogP contribution in [0.3, 0.4) is 0 Å². The van der Waals surface area contributed by atoms with Crippen LogP contribution < -0.4 is 15.4 Å². The minimum atomic E-state index is -0.373. The standard InChI is InChI=1S/C23H29FN6O3S/c1-30(2)9-4-8-25-21(31)23-29-20-18(27-14-28-22(20)34-23)12-26-17-7-6-15(24)11-19(17)33-16-5-3-10-32-13-16/h6-7,11,14,16,26H,3-5,8-10,12-13H2,1-2H3,(H,25,31)/t16-/m0/s1. The minimum Gasteiger partial charge on any atom is -0.486 e. The molecule has 1 aliphatic heterocycles. The smallest absolute Gasteiger partial charge is 0.280 e. The average molecular weight is 489 g/mol. The van der Waals surface area contributed by atoms with Gasteiger partial charge in [-0.3, -0.25) is 4.79 Å². The molecule has 0 aliphatic carbocycles. The maximum absolute atomic E-state index is 13.9. The van der Waals surface area contributed by atoms with Crippen molar-refractivity contribution < 1.29 is 18.7 Å². The second-order valence-corrected chi connectivity index (χ2v) is 9.33. The van der Waals surface area contributed by atoms with Crippen molar-refractivity contribution in [2.45, 2.75) is 31.9 Å². The van der Waals surface area contributed by atoms with Crippen LogP contribution in [0, 0.1) is 5.82 Å². The Bertz CT molecular complexity index is 1120. The summed E-state index contributed by atoms with van der Waals surface area (Å²) in [5.41, 5.74) is 1.86. The van der Waals surface area contributed by atoms with Crippen LogP contribution in [0.5, 0.6) is 5.75 Å². The van der Waals surface area contributed by atoms with Crippen molar-refractivity contribution in [1.29, 1.82) is 0 Å². The molecule has 1 amide bonds. The minimum absolute atomic E-state index is 0.112. The first-order valence-electron chi connectivity index (χ1n) is 11.3. The van der Waals surface area contributed by atoms with E-state index in [0.717, 1.165) is 32.4 Å². The summed E-state index contributed by atoms with van der Waals surface area (Å²) in [6.07, 6.45) is 3.98. The maximum atomic E-state index is 13.9. The van der Waals surface area contributed by atoms with E-state index in [-0.39, 0.29) is 17.8 Å². The molecule has 0 spiro atoms. The van der Waals surface area contributed by atoms with E-state index < -0.39 is 0 Å². The van der Waals surface area contributed by atoms with Crippen molar-refractivity contribution in [1.82, 2.24) is 25.2 Å². The Morgan fingerprint density at radius 1 is 1.35 bits per heavy atom. The number of carbonyl (C=O) groups excluding carboxylic acids is 1. The second kappa shape index (κ2) is 11.5. The fraction of sp³-hybridized carbons (Fsp3) is 0.478. The van der Waals surface area contributed by atoms with Gasteiger partial charge in [0.1, 0.15) is 34.3 Å². The number of anilines is 1. The first kappa shape index (κ1) is 24.2. The molecule has 2 N–H and O–H groups in total. The van der Waals surface area contributed by atoms with E-state index in [2.05, 4.69) is 30.5 Å². The number of aromatic nitrogens is 3. The highest BCUT2D eigenvalue weighted by atomic mass is 32.1. The lowest BCUT2D eigenvalue weighted by Crippen LogP contribution is -2.28. The number of hydrogen-bond acceptors (Lipinski definition) is 9. The normalized spacial score (nSPS) is 16.1. The Balaban J connectivity index is 1.44. The van der Waals surface area contributed by atoms with Gasteiger partial charge >= 0.3 is 0 Å². The third-order valence-corrected chi connectivity index (χ3v) is 6.30. The highest BCUT2D eigenvalue weighted by molar-refractivity contribution is 7.19. The molecule has 34 heavy (non-hydrogen) atoms. The molecule has 0 radical (unpaired) electrons. The van der Waals surface area contributed by atoms with Gasteiger partial charge in [-0.15, -0.1) is 0 Å². The third-order valence-electron chi connectivity index (χ3n) is 5.34. The Hall–Kier alpha value is -2.89. The van der Waals surface area contributed by atoms with Crippen LogP contribution in [-0.4, -0.2) is 72.3 Å². The molecule has 1 fully saturated rings. The quantitative estimate of drug-likeness (QED) is 0.420. The van der Waals surface area contributed by atoms with Crippen LogP contribution >= 0.6 is 11.3 Å². The fourth-order valence-corrected chi connectivity index (χ4v) is 4.45. The number of benzene rings is 1. The van der Waals surface area contributed by atoms with Crippen LogP contribution in [0.25, 0.3) is 10.3 Å². The largest absolute Gasteiger partial charge is 0.486 e. The molecule has 9 nitrogen and oxygen atoms in total. The summed E-state index contributed by atoms with van der Waals surface area (Å²) in [5.74, 6) is -0.163. The number of carbonyl (C=O) groups is 1. The van der Waals surface area contributed by atoms with E-state index in [1.807, 2.05) is 14.1 Å². The molecule has 1 aromatic carbocycles. The molecule has 182 valence electrons. The van der Waals surface area contributed by atoms with Crippen LogP contribution in [0.1, 0.15) is 34.8 Å². The Kier molecular flexibility index (Phi) is 8.20. The number of amides is 1. The van der Waals surface area contributed by atoms with E-state index in [9.17, 15) is 9.18 Å². The summed E-state index contributed by atoms with van der Waals surface area (Å²) < 4.78 is 25.4. The van der Waals surface area contributed by atoms with Crippen molar-refractivity contribution >= 4 is 33.3 Å². The van der Waals surface area contributed by atoms with Gasteiger partial charge in [0, 0.05) is 19.2 Å². The van der Waals surface area contributed by atoms with Gasteiger partial charge in [-0.05, 0) is 52.0 Å². The topological polar surface area (TPSA) is 102 Å². The van der Waals surface area contributed by atoms with Crippen LogP contribution in [0.4, 0.5) is 10.1 Å². The zero-order valence-corrected chi connectivity index (χ0v) is 20.2. The molecule has 0 unspecified atom stereocenters. The number of fused-ring (bicyclic) bond motifs is 1. The van der Waals surface area contributed by atoms with E-state index in [1.54, 1.807) is 6.07 Å². The summed E-state index contributed by atoms with van der Waals surface area (Å²) in [6, 6.07) is 4.39. The highest BCUT2D eigenvalue weighted by Gasteiger charge is 2.19. The Labute approximate surface area is 201 Å². The molecular weight excluding hydrogens is 459 g/mol. The lowest BCUT2D eigenvalue weighted by molar-refractivity contribution is 0.00761. The summed E-state index contributed by atoms with van der Waals surface area (Å²) in [4.78, 5) is 28.3. The predicted molar refractivity (Wildman–Crippen MR) is 129 cm³/mol. The number of nitrogens with one attached hydrogen (secondary N) is 2. The fourth-order valence-electron chi connectivity index (χ4n) is 3.60. The number of rotatable bonds is 10. The molecule has 1 aliphatic rings. The summed E-state index contributed by atoms with van der Waals surface area (Å²) in [7, 11) is 3.99. The van der Waals surface area contributed by atoms with Gasteiger partial charge < -0.3 is 25.0 Å². The number of ether oxygens (including phenoxy) is 2. The molecule has 3 aromatic rings. The second-order valence-electron chi connectivity index (χ2n) is 8.36. The first-order chi connectivity index (χ1) is 16.5. The van der Waals surface area contributed by atoms with Crippen molar-refractivity contribution in [2.24, 2.45) is 0 Å². The van der Waals surface area contributed by atoms with E-state index >= 15 is 0 Å². The molecular formula is C23H29FN6O3S. The zero-order chi connectivity index (χ0) is 23.9. The van der Waals surface area contributed by atoms with Crippen molar-refractivity contribution in [3.8, 4) is 5.75 Å². The zero-order valence-electron chi connectivity index (χ0n) is 19.3. The predicted octanol–water partition coefficient (Wildman–Crippen LogP) is 3.08. The third kappa shape index (κ3) is 6.37. The summed E-state index contributed by atoms with van der Waals surface area (Å²) >= 11 is 1.23. The van der Waals surface area contributed by atoms with Crippen molar-refractivity contribution in [2.75, 3.05) is 45.7 Å². The molecule has 11 heteroatoms. The number of halogens is 1. The van der Waals surface area contributed by atoms with Gasteiger partial charge in [0.15, 0.2) is 5.01 Å². The van der Waals surface area contributed by atoms with Gasteiger partial charge in [-0.2, -0.15) is 0 Å². The summed E-state index contributed by atoms with van der Waals surface area (Å²) in [5, 5.41) is 6.52. The lowest BCUT2D eigenvalue weighted by atomic mass is 10.1. The van der Waals surface area contributed by atoms with Crippen LogP contribution in [-0.2, 0) is 11.3 Å². The lowest BCUT2D eigenvalue weighted by Gasteiger charge is -2.24. The monoisotopic (exact) mass is 488 g/mol. The molecule has 0 bridgehead atoms. The molecule has 2 aromatic heterocycles. The van der Waals surface area contributed by atoms with E-state index in [1.165, 1.54) is 29.8 Å². The van der Waals surface area contributed by atoms with Gasteiger partial charge in [0.25, 0.3) is 5.91 Å². The van der Waals surface area contributed by atoms with Crippen molar-refractivity contribution in [3.05, 3.63) is 41.0 Å². The number of nitrogens with zero attached hydrogens (tertiary/aromatic N) is 4. The Morgan fingerprint density at radius 3 is 3.03 bits per heavy atom.